The van der Waals surface area contributed by atoms with Gasteiger partial charge in [-0.2, -0.15) is 0 Å². The summed E-state index contributed by atoms with van der Waals surface area (Å²) in [5.74, 6) is -0.813. The topological polar surface area (TPSA) is 73.3 Å². The molecule has 2 aliphatic heterocycles. The Kier molecular flexibility index (Phi) is 5.20. The molecule has 0 aliphatic carbocycles. The molecule has 2 aliphatic rings. The normalized spacial score (nSPS) is 23.0. The number of carbonyl (C=O) groups excluding carboxylic acids is 1. The molecular weight excluding hydrogens is 298 g/mol. The molecule has 7 nitrogen and oxygen atoms in total. The van der Waals surface area contributed by atoms with Crippen molar-refractivity contribution in [2.24, 2.45) is 0 Å². The quantitative estimate of drug-likeness (QED) is 0.836. The van der Waals surface area contributed by atoms with Crippen LogP contribution in [0.1, 0.15) is 33.6 Å². The number of ether oxygens (including phenoxy) is 1. The van der Waals surface area contributed by atoms with E-state index in [4.69, 9.17) is 4.74 Å². The molecule has 0 spiro atoms. The van der Waals surface area contributed by atoms with Crippen molar-refractivity contribution in [1.29, 1.82) is 0 Å². The van der Waals surface area contributed by atoms with E-state index in [9.17, 15) is 14.7 Å². The summed E-state index contributed by atoms with van der Waals surface area (Å²) < 4.78 is 5.38. The highest BCUT2D eigenvalue weighted by molar-refractivity contribution is 5.73. The molecule has 0 unspecified atom stereocenters. The van der Waals surface area contributed by atoms with Crippen molar-refractivity contribution in [2.45, 2.75) is 44.8 Å². The summed E-state index contributed by atoms with van der Waals surface area (Å²) in [6.07, 6.45) is 0.728. The van der Waals surface area contributed by atoms with Crippen LogP contribution in [-0.4, -0.2) is 89.3 Å². The van der Waals surface area contributed by atoms with Crippen LogP contribution in [0.4, 0.5) is 4.79 Å². The van der Waals surface area contributed by atoms with Gasteiger partial charge in [-0.15, -0.1) is 0 Å². The molecule has 0 atom stereocenters. The van der Waals surface area contributed by atoms with E-state index < -0.39 is 17.1 Å². The van der Waals surface area contributed by atoms with E-state index in [2.05, 4.69) is 16.8 Å². The average molecular weight is 327 g/mol. The number of carbonyl (C=O) groups is 2. The second-order valence-corrected chi connectivity index (χ2v) is 7.78. The molecule has 0 saturated carbocycles. The highest BCUT2D eigenvalue weighted by Crippen LogP contribution is 2.33. The predicted molar refractivity (Wildman–Crippen MR) is 86.5 cm³/mol. The van der Waals surface area contributed by atoms with Crippen LogP contribution >= 0.6 is 0 Å². The molecule has 0 aromatic heterocycles. The highest BCUT2D eigenvalue weighted by Gasteiger charge is 2.51. The summed E-state index contributed by atoms with van der Waals surface area (Å²) in [4.78, 5) is 29.6. The summed E-state index contributed by atoms with van der Waals surface area (Å²) >= 11 is 0. The first-order chi connectivity index (χ1) is 10.6. The van der Waals surface area contributed by atoms with Crippen molar-refractivity contribution >= 4 is 12.1 Å². The van der Waals surface area contributed by atoms with Gasteiger partial charge in [0.2, 0.25) is 0 Å². The number of rotatable bonds is 3. The Morgan fingerprint density at radius 1 is 1.13 bits per heavy atom. The zero-order valence-corrected chi connectivity index (χ0v) is 14.7. The number of hydrogen-bond acceptors (Lipinski definition) is 5. The van der Waals surface area contributed by atoms with Crippen LogP contribution in [0, 0.1) is 0 Å². The molecule has 0 aromatic carbocycles. The average Bonchev–Trinajstić information content (AvgIpc) is 2.55. The third kappa shape index (κ3) is 4.57. The number of carboxylic acid groups (broad SMARTS) is 1. The van der Waals surface area contributed by atoms with E-state index in [1.807, 2.05) is 20.8 Å². The van der Waals surface area contributed by atoms with Gasteiger partial charge in [0, 0.05) is 32.7 Å². The molecule has 0 radical (unpaired) electrons. The van der Waals surface area contributed by atoms with Gasteiger partial charge in [0.25, 0.3) is 0 Å². The van der Waals surface area contributed by atoms with Crippen LogP contribution in [0.3, 0.4) is 0 Å². The first-order valence-corrected chi connectivity index (χ1v) is 8.25. The van der Waals surface area contributed by atoms with Crippen LogP contribution in [0.15, 0.2) is 0 Å². The molecule has 132 valence electrons. The third-order valence-electron chi connectivity index (χ3n) is 4.49. The molecule has 2 heterocycles. The fourth-order valence-corrected chi connectivity index (χ4v) is 3.35. The van der Waals surface area contributed by atoms with Crippen LogP contribution < -0.4 is 0 Å². The Balaban J connectivity index is 2.02. The van der Waals surface area contributed by atoms with Gasteiger partial charge < -0.3 is 19.6 Å². The van der Waals surface area contributed by atoms with Crippen molar-refractivity contribution in [1.82, 2.24) is 14.7 Å². The van der Waals surface area contributed by atoms with Gasteiger partial charge in [0.05, 0.1) is 12.0 Å². The van der Waals surface area contributed by atoms with Crippen LogP contribution in [0.2, 0.25) is 0 Å². The predicted octanol–water partition coefficient (Wildman–Crippen LogP) is 1.09. The van der Waals surface area contributed by atoms with Crippen molar-refractivity contribution in [3.63, 3.8) is 0 Å². The van der Waals surface area contributed by atoms with E-state index in [0.717, 1.165) is 32.6 Å². The Bertz CT molecular complexity index is 455. The fourth-order valence-electron chi connectivity index (χ4n) is 3.35. The maximum absolute atomic E-state index is 12.1. The van der Waals surface area contributed by atoms with Crippen molar-refractivity contribution < 1.29 is 19.4 Å². The number of amides is 1. The van der Waals surface area contributed by atoms with Gasteiger partial charge in [-0.05, 0) is 40.8 Å². The van der Waals surface area contributed by atoms with Crippen LogP contribution in [-0.2, 0) is 9.53 Å². The maximum atomic E-state index is 12.1. The van der Waals surface area contributed by atoms with Gasteiger partial charge >= 0.3 is 12.1 Å². The van der Waals surface area contributed by atoms with Crippen LogP contribution in [0.5, 0.6) is 0 Å². The third-order valence-corrected chi connectivity index (χ3v) is 4.49. The Morgan fingerprint density at radius 2 is 1.78 bits per heavy atom. The Hall–Kier alpha value is -1.34. The standard InChI is InChI=1S/C16H29N3O4/c1-15(2,3)23-14(22)18-11-16(12-18,10-13(20)21)19-7-5-6-17(4)8-9-19/h5-12H2,1-4H3,(H,20,21). The van der Waals surface area contributed by atoms with Gasteiger partial charge in [0.15, 0.2) is 0 Å². The second-order valence-electron chi connectivity index (χ2n) is 7.78. The molecule has 2 fully saturated rings. The minimum Gasteiger partial charge on any atom is -0.481 e. The van der Waals surface area contributed by atoms with Crippen LogP contribution in [0.25, 0.3) is 0 Å². The van der Waals surface area contributed by atoms with Crippen molar-refractivity contribution in [3.05, 3.63) is 0 Å². The smallest absolute Gasteiger partial charge is 0.410 e. The fraction of sp³-hybridized carbons (Fsp3) is 0.875. The van der Waals surface area contributed by atoms with E-state index in [-0.39, 0.29) is 12.5 Å². The molecule has 7 heteroatoms. The zero-order valence-electron chi connectivity index (χ0n) is 14.7. The molecular formula is C16H29N3O4. The lowest BCUT2D eigenvalue weighted by atomic mass is 9.84. The number of hydrogen-bond donors (Lipinski definition) is 1. The SMILES string of the molecule is CN1CCCN(C2(CC(=O)O)CN(C(=O)OC(C)(C)C)C2)CC1. The number of likely N-dealkylation sites (tertiary alicyclic amines) is 1. The number of likely N-dealkylation sites (N-methyl/N-ethyl adjacent to an activating group) is 1. The Labute approximate surface area is 138 Å². The molecule has 1 amide bonds. The van der Waals surface area contributed by atoms with Gasteiger partial charge in [-0.1, -0.05) is 0 Å². The maximum Gasteiger partial charge on any atom is 0.410 e. The highest BCUT2D eigenvalue weighted by atomic mass is 16.6. The van der Waals surface area contributed by atoms with E-state index in [1.54, 1.807) is 4.90 Å². The lowest BCUT2D eigenvalue weighted by molar-refractivity contribution is -0.145. The molecule has 2 saturated heterocycles. The van der Waals surface area contributed by atoms with Gasteiger partial charge in [0.1, 0.15) is 5.60 Å². The minimum atomic E-state index is -0.813. The van der Waals surface area contributed by atoms with E-state index >= 15 is 0 Å². The summed E-state index contributed by atoms with van der Waals surface area (Å²) in [5, 5.41) is 9.31. The van der Waals surface area contributed by atoms with Crippen molar-refractivity contribution in [2.75, 3.05) is 46.3 Å². The minimum absolute atomic E-state index is 0.0655. The molecule has 0 aromatic rings. The number of aliphatic carboxylic acids is 1. The lowest BCUT2D eigenvalue weighted by Crippen LogP contribution is -2.72. The van der Waals surface area contributed by atoms with E-state index in [1.165, 1.54) is 0 Å². The molecule has 23 heavy (non-hydrogen) atoms. The monoisotopic (exact) mass is 327 g/mol. The summed E-state index contributed by atoms with van der Waals surface area (Å²) in [6, 6.07) is 0. The van der Waals surface area contributed by atoms with E-state index in [0.29, 0.717) is 13.1 Å². The summed E-state index contributed by atoms with van der Waals surface area (Å²) in [6.45, 7) is 10.0. The summed E-state index contributed by atoms with van der Waals surface area (Å²) in [7, 11) is 2.08. The zero-order chi connectivity index (χ0) is 17.3. The van der Waals surface area contributed by atoms with Gasteiger partial charge in [-0.3, -0.25) is 9.69 Å². The van der Waals surface area contributed by atoms with Gasteiger partial charge in [-0.25, -0.2) is 4.79 Å². The Morgan fingerprint density at radius 3 is 2.35 bits per heavy atom. The first kappa shape index (κ1) is 18.0. The second kappa shape index (κ2) is 6.65. The first-order valence-electron chi connectivity index (χ1n) is 8.25. The molecule has 1 N–H and O–H groups in total. The largest absolute Gasteiger partial charge is 0.481 e. The van der Waals surface area contributed by atoms with Crippen molar-refractivity contribution in [3.8, 4) is 0 Å². The molecule has 2 rings (SSSR count). The number of nitrogens with zero attached hydrogens (tertiary/aromatic N) is 3. The number of carboxylic acids is 1. The molecule has 0 bridgehead atoms. The lowest BCUT2D eigenvalue weighted by Gasteiger charge is -2.55. The summed E-state index contributed by atoms with van der Waals surface area (Å²) in [5.41, 5.74) is -0.985.